The fourth-order valence-corrected chi connectivity index (χ4v) is 3.11. The molecule has 0 N–H and O–H groups in total. The quantitative estimate of drug-likeness (QED) is 0.818. The molecule has 0 unspecified atom stereocenters. The van der Waals surface area contributed by atoms with E-state index >= 15 is 0 Å². The van der Waals surface area contributed by atoms with E-state index in [-0.39, 0.29) is 5.91 Å². The molecular weight excluding hydrogens is 314 g/mol. The molecule has 102 valence electrons. The molecule has 0 spiro atoms. The van der Waals surface area contributed by atoms with Crippen molar-refractivity contribution in [2.24, 2.45) is 0 Å². The van der Waals surface area contributed by atoms with Crippen molar-refractivity contribution < 1.29 is 4.79 Å². The maximum Gasteiger partial charge on any atom is 0.231 e. The van der Waals surface area contributed by atoms with Gasteiger partial charge in [0.25, 0.3) is 0 Å². The van der Waals surface area contributed by atoms with Crippen LogP contribution >= 0.6 is 15.9 Å². The van der Waals surface area contributed by atoms with E-state index in [1.54, 1.807) is 0 Å². The summed E-state index contributed by atoms with van der Waals surface area (Å²) in [5.41, 5.74) is 4.61. The van der Waals surface area contributed by atoms with Crippen LogP contribution in [0.1, 0.15) is 16.7 Å². The standard InChI is InChI=1S/C17H16BrNO/c1-12-5-6-14-7-8-19(16(14)9-12)17(20)11-13-3-2-4-15(18)10-13/h2-6,9-10H,7-8,11H2,1H3. The number of fused-ring (bicyclic) bond motifs is 1. The van der Waals surface area contributed by atoms with Crippen LogP contribution in [0.5, 0.6) is 0 Å². The smallest absolute Gasteiger partial charge is 0.231 e. The van der Waals surface area contributed by atoms with Crippen LogP contribution in [0.2, 0.25) is 0 Å². The third-order valence-corrected chi connectivity index (χ3v) is 4.18. The Morgan fingerprint density at radius 1 is 1.25 bits per heavy atom. The molecule has 20 heavy (non-hydrogen) atoms. The van der Waals surface area contributed by atoms with Crippen LogP contribution in [0.3, 0.4) is 0 Å². The zero-order valence-corrected chi connectivity index (χ0v) is 13.0. The number of hydrogen-bond acceptors (Lipinski definition) is 1. The molecule has 1 aliphatic rings. The first-order chi connectivity index (χ1) is 9.63. The Kier molecular flexibility index (Phi) is 3.62. The monoisotopic (exact) mass is 329 g/mol. The van der Waals surface area contributed by atoms with Gasteiger partial charge in [0.2, 0.25) is 5.91 Å². The molecule has 0 saturated heterocycles. The molecule has 3 heteroatoms. The number of benzene rings is 2. The van der Waals surface area contributed by atoms with E-state index in [1.165, 1.54) is 11.1 Å². The minimum absolute atomic E-state index is 0.174. The van der Waals surface area contributed by atoms with Crippen LogP contribution < -0.4 is 4.90 Å². The largest absolute Gasteiger partial charge is 0.312 e. The topological polar surface area (TPSA) is 20.3 Å². The Morgan fingerprint density at radius 3 is 2.90 bits per heavy atom. The van der Waals surface area contributed by atoms with Crippen LogP contribution in [-0.4, -0.2) is 12.5 Å². The Morgan fingerprint density at radius 2 is 2.10 bits per heavy atom. The molecule has 0 saturated carbocycles. The molecule has 3 rings (SSSR count). The molecule has 0 fully saturated rings. The predicted octanol–water partition coefficient (Wildman–Crippen LogP) is 3.89. The number of halogens is 1. The van der Waals surface area contributed by atoms with E-state index < -0.39 is 0 Å². The third kappa shape index (κ3) is 2.63. The number of rotatable bonds is 2. The van der Waals surface area contributed by atoms with E-state index in [9.17, 15) is 4.79 Å². The van der Waals surface area contributed by atoms with Gasteiger partial charge in [-0.3, -0.25) is 4.79 Å². The lowest BCUT2D eigenvalue weighted by Crippen LogP contribution is -2.30. The summed E-state index contributed by atoms with van der Waals surface area (Å²) in [7, 11) is 0. The summed E-state index contributed by atoms with van der Waals surface area (Å²) in [4.78, 5) is 14.4. The maximum atomic E-state index is 12.5. The Hall–Kier alpha value is -1.61. The fourth-order valence-electron chi connectivity index (χ4n) is 2.67. The van der Waals surface area contributed by atoms with Crippen molar-refractivity contribution >= 4 is 27.5 Å². The van der Waals surface area contributed by atoms with Crippen LogP contribution in [0.4, 0.5) is 5.69 Å². The normalized spacial score (nSPS) is 13.4. The zero-order chi connectivity index (χ0) is 14.1. The number of aryl methyl sites for hydroxylation is 1. The molecule has 2 aromatic rings. The highest BCUT2D eigenvalue weighted by Crippen LogP contribution is 2.29. The molecular formula is C17H16BrNO. The van der Waals surface area contributed by atoms with Crippen molar-refractivity contribution in [2.75, 3.05) is 11.4 Å². The molecule has 0 radical (unpaired) electrons. The van der Waals surface area contributed by atoms with E-state index in [0.29, 0.717) is 6.42 Å². The van der Waals surface area contributed by atoms with Crippen molar-refractivity contribution in [3.63, 3.8) is 0 Å². The Balaban J connectivity index is 1.82. The van der Waals surface area contributed by atoms with Crippen LogP contribution in [-0.2, 0) is 17.6 Å². The van der Waals surface area contributed by atoms with Crippen molar-refractivity contribution in [2.45, 2.75) is 19.8 Å². The average Bonchev–Trinajstić information content (AvgIpc) is 2.81. The van der Waals surface area contributed by atoms with E-state index in [0.717, 1.165) is 28.7 Å². The van der Waals surface area contributed by atoms with Gasteiger partial charge in [0.15, 0.2) is 0 Å². The minimum atomic E-state index is 0.174. The fraction of sp³-hybridized carbons (Fsp3) is 0.235. The summed E-state index contributed by atoms with van der Waals surface area (Å²) >= 11 is 3.45. The lowest BCUT2D eigenvalue weighted by molar-refractivity contribution is -0.117. The van der Waals surface area contributed by atoms with E-state index in [1.807, 2.05) is 29.2 Å². The Bertz CT molecular complexity index is 666. The van der Waals surface area contributed by atoms with Crippen molar-refractivity contribution in [1.82, 2.24) is 0 Å². The maximum absolute atomic E-state index is 12.5. The van der Waals surface area contributed by atoms with Crippen LogP contribution in [0, 0.1) is 6.92 Å². The van der Waals surface area contributed by atoms with Crippen molar-refractivity contribution in [3.8, 4) is 0 Å². The van der Waals surface area contributed by atoms with Gasteiger partial charge < -0.3 is 4.90 Å². The van der Waals surface area contributed by atoms with Gasteiger partial charge in [0, 0.05) is 16.7 Å². The number of carbonyl (C=O) groups excluding carboxylic acids is 1. The summed E-state index contributed by atoms with van der Waals surface area (Å²) in [6.45, 7) is 2.86. The second kappa shape index (κ2) is 5.41. The lowest BCUT2D eigenvalue weighted by atomic mass is 10.1. The minimum Gasteiger partial charge on any atom is -0.312 e. The summed E-state index contributed by atoms with van der Waals surface area (Å²) < 4.78 is 1.01. The highest BCUT2D eigenvalue weighted by atomic mass is 79.9. The molecule has 1 amide bonds. The van der Waals surface area contributed by atoms with Crippen LogP contribution in [0.25, 0.3) is 0 Å². The average molecular weight is 330 g/mol. The first-order valence-corrected chi connectivity index (χ1v) is 7.57. The molecule has 2 aromatic carbocycles. The molecule has 0 atom stereocenters. The molecule has 2 nitrogen and oxygen atoms in total. The molecule has 1 aliphatic heterocycles. The molecule has 0 aromatic heterocycles. The summed E-state index contributed by atoms with van der Waals surface area (Å²) in [6.07, 6.45) is 1.41. The van der Waals surface area contributed by atoms with E-state index in [2.05, 4.69) is 41.1 Å². The number of carbonyl (C=O) groups is 1. The SMILES string of the molecule is Cc1ccc2c(c1)N(C(=O)Cc1cccc(Br)c1)CC2. The van der Waals surface area contributed by atoms with Gasteiger partial charge in [-0.05, 0) is 48.2 Å². The molecule has 1 heterocycles. The zero-order valence-electron chi connectivity index (χ0n) is 11.4. The van der Waals surface area contributed by atoms with Gasteiger partial charge in [-0.15, -0.1) is 0 Å². The molecule has 0 aliphatic carbocycles. The van der Waals surface area contributed by atoms with Gasteiger partial charge in [-0.1, -0.05) is 40.2 Å². The third-order valence-electron chi connectivity index (χ3n) is 3.68. The summed E-state index contributed by atoms with van der Waals surface area (Å²) in [5, 5.41) is 0. The van der Waals surface area contributed by atoms with Crippen molar-refractivity contribution in [1.29, 1.82) is 0 Å². The van der Waals surface area contributed by atoms with E-state index in [4.69, 9.17) is 0 Å². The highest BCUT2D eigenvalue weighted by Gasteiger charge is 2.24. The number of anilines is 1. The highest BCUT2D eigenvalue weighted by molar-refractivity contribution is 9.10. The second-order valence-corrected chi connectivity index (χ2v) is 6.15. The van der Waals surface area contributed by atoms with Gasteiger partial charge >= 0.3 is 0 Å². The predicted molar refractivity (Wildman–Crippen MR) is 85.1 cm³/mol. The first-order valence-electron chi connectivity index (χ1n) is 6.78. The lowest BCUT2D eigenvalue weighted by Gasteiger charge is -2.18. The Labute approximate surface area is 127 Å². The number of amides is 1. The van der Waals surface area contributed by atoms with Gasteiger partial charge in [-0.25, -0.2) is 0 Å². The van der Waals surface area contributed by atoms with Gasteiger partial charge in [-0.2, -0.15) is 0 Å². The number of nitrogens with zero attached hydrogens (tertiary/aromatic N) is 1. The molecule has 0 bridgehead atoms. The number of hydrogen-bond donors (Lipinski definition) is 0. The van der Waals surface area contributed by atoms with Gasteiger partial charge in [0.05, 0.1) is 6.42 Å². The van der Waals surface area contributed by atoms with Crippen molar-refractivity contribution in [3.05, 3.63) is 63.6 Å². The second-order valence-electron chi connectivity index (χ2n) is 5.23. The first kappa shape index (κ1) is 13.4. The van der Waals surface area contributed by atoms with Gasteiger partial charge in [0.1, 0.15) is 0 Å². The van der Waals surface area contributed by atoms with Crippen LogP contribution in [0.15, 0.2) is 46.9 Å². The summed E-state index contributed by atoms with van der Waals surface area (Å²) in [5.74, 6) is 0.174. The summed E-state index contributed by atoms with van der Waals surface area (Å²) in [6, 6.07) is 14.3.